The van der Waals surface area contributed by atoms with E-state index in [0.717, 1.165) is 44.3 Å². The first-order valence-corrected chi connectivity index (χ1v) is 12.6. The lowest BCUT2D eigenvalue weighted by molar-refractivity contribution is 0.122. The number of amidine groups is 2. The van der Waals surface area contributed by atoms with Crippen LogP contribution in [0.3, 0.4) is 0 Å². The van der Waals surface area contributed by atoms with E-state index in [0.29, 0.717) is 30.0 Å². The maximum absolute atomic E-state index is 14.2. The highest BCUT2D eigenvalue weighted by Crippen LogP contribution is 2.22. The van der Waals surface area contributed by atoms with Crippen LogP contribution in [0.2, 0.25) is 0 Å². The van der Waals surface area contributed by atoms with Gasteiger partial charge < -0.3 is 9.64 Å². The second-order valence-corrected chi connectivity index (χ2v) is 10.9. The number of aliphatic imine (C=N–C) groups is 2. The molecule has 3 rings (SSSR count). The van der Waals surface area contributed by atoms with Gasteiger partial charge in [0, 0.05) is 49.3 Å². The molecule has 0 aliphatic carbocycles. The Morgan fingerprint density at radius 2 is 1.93 bits per heavy atom. The second kappa shape index (κ2) is 9.47. The van der Waals surface area contributed by atoms with Gasteiger partial charge in [0.2, 0.25) is 0 Å². The molecular weight excluding hydrogens is 403 g/mol. The van der Waals surface area contributed by atoms with Crippen molar-refractivity contribution in [3.63, 3.8) is 0 Å². The highest BCUT2D eigenvalue weighted by molar-refractivity contribution is 7.99. The number of halogens is 1. The molecule has 2 unspecified atom stereocenters. The lowest BCUT2D eigenvalue weighted by Gasteiger charge is -2.38. The Morgan fingerprint density at radius 3 is 2.50 bits per heavy atom. The minimum absolute atomic E-state index is 0.194. The van der Waals surface area contributed by atoms with Crippen LogP contribution in [0.1, 0.15) is 27.2 Å². The first kappa shape index (κ1) is 22.7. The Bertz CT molecular complexity index is 919. The molecule has 0 bridgehead atoms. The van der Waals surface area contributed by atoms with Crippen molar-refractivity contribution in [1.82, 2.24) is 9.80 Å². The van der Waals surface area contributed by atoms with Crippen LogP contribution < -0.4 is 4.74 Å². The molecule has 0 N–H and O–H groups in total. The van der Waals surface area contributed by atoms with Gasteiger partial charge in [-0.2, -0.15) is 0 Å². The number of piperazine rings is 1. The Balaban J connectivity index is 1.44. The standard InChI is InChI=1S/C22H33FN4O2S/c1-16(2)22-24-15-21(25-22)27-11-9-26(10-12-27)17(3)8-13-29-20-7-6-18(14-19(20)23)30(4,5)28/h6-7,14,16-17H,4,8-13,15H2,1-3,5H3. The average Bonchev–Trinajstić information content (AvgIpc) is 3.19. The molecule has 1 saturated heterocycles. The van der Waals surface area contributed by atoms with Gasteiger partial charge in [0.05, 0.1) is 13.2 Å². The van der Waals surface area contributed by atoms with Crippen LogP contribution in [0, 0.1) is 11.7 Å². The zero-order chi connectivity index (χ0) is 21.9. The third-order valence-corrected chi connectivity index (χ3v) is 6.89. The SMILES string of the molecule is C=S(C)(=O)c1ccc(OCCC(C)N2CCN(C3=NC(C(C)C)=NC3)CC2)c(F)c1. The van der Waals surface area contributed by atoms with Crippen molar-refractivity contribution >= 4 is 27.1 Å². The van der Waals surface area contributed by atoms with Crippen molar-refractivity contribution in [2.24, 2.45) is 15.9 Å². The molecule has 0 radical (unpaired) electrons. The molecule has 2 atom stereocenters. The van der Waals surface area contributed by atoms with E-state index in [-0.39, 0.29) is 5.75 Å². The van der Waals surface area contributed by atoms with E-state index in [1.165, 1.54) is 18.4 Å². The van der Waals surface area contributed by atoms with E-state index in [4.69, 9.17) is 9.73 Å². The lowest BCUT2D eigenvalue weighted by Crippen LogP contribution is -2.51. The van der Waals surface area contributed by atoms with Crippen molar-refractivity contribution in [2.75, 3.05) is 45.6 Å². The molecule has 0 spiro atoms. The predicted molar refractivity (Wildman–Crippen MR) is 123 cm³/mol. The van der Waals surface area contributed by atoms with Crippen LogP contribution in [0.15, 0.2) is 33.1 Å². The second-order valence-electron chi connectivity index (χ2n) is 8.46. The summed E-state index contributed by atoms with van der Waals surface area (Å²) in [4.78, 5) is 14.4. The number of hydrogen-bond donors (Lipinski definition) is 0. The molecule has 2 heterocycles. The van der Waals surface area contributed by atoms with Crippen LogP contribution in [-0.4, -0.2) is 83.2 Å². The third-order valence-electron chi connectivity index (χ3n) is 5.64. The molecule has 0 aromatic heterocycles. The highest BCUT2D eigenvalue weighted by Gasteiger charge is 2.25. The Hall–Kier alpha value is -1.93. The zero-order valence-electron chi connectivity index (χ0n) is 18.4. The van der Waals surface area contributed by atoms with Crippen LogP contribution in [0.4, 0.5) is 4.39 Å². The van der Waals surface area contributed by atoms with Crippen molar-refractivity contribution in [3.05, 3.63) is 24.0 Å². The first-order chi connectivity index (χ1) is 14.1. The highest BCUT2D eigenvalue weighted by atomic mass is 32.2. The quantitative estimate of drug-likeness (QED) is 0.617. The number of hydrogen-bond acceptors (Lipinski definition) is 6. The summed E-state index contributed by atoms with van der Waals surface area (Å²) in [5, 5.41) is 0. The molecule has 166 valence electrons. The van der Waals surface area contributed by atoms with Gasteiger partial charge in [0.25, 0.3) is 0 Å². The summed E-state index contributed by atoms with van der Waals surface area (Å²) in [5.74, 6) is 5.70. The minimum Gasteiger partial charge on any atom is -0.490 e. The Kier molecular flexibility index (Phi) is 7.18. The Labute approximate surface area is 179 Å². The molecule has 2 aliphatic heterocycles. The molecule has 6 nitrogen and oxygen atoms in total. The largest absolute Gasteiger partial charge is 0.490 e. The van der Waals surface area contributed by atoms with Crippen molar-refractivity contribution in [1.29, 1.82) is 0 Å². The molecule has 1 aromatic rings. The maximum atomic E-state index is 14.2. The smallest absolute Gasteiger partial charge is 0.166 e. The van der Waals surface area contributed by atoms with Gasteiger partial charge in [0.15, 0.2) is 11.6 Å². The van der Waals surface area contributed by atoms with Crippen LogP contribution in [0.5, 0.6) is 5.75 Å². The number of rotatable bonds is 7. The topological polar surface area (TPSA) is 57.5 Å². The molecule has 1 aromatic carbocycles. The van der Waals surface area contributed by atoms with Gasteiger partial charge in [-0.05, 0) is 46.9 Å². The molecule has 1 fully saturated rings. The fourth-order valence-electron chi connectivity index (χ4n) is 3.65. The predicted octanol–water partition coefficient (Wildman–Crippen LogP) is 2.77. The van der Waals surface area contributed by atoms with E-state index >= 15 is 0 Å². The van der Waals surface area contributed by atoms with Crippen molar-refractivity contribution in [2.45, 2.75) is 38.1 Å². The summed E-state index contributed by atoms with van der Waals surface area (Å²) < 4.78 is 31.8. The van der Waals surface area contributed by atoms with Gasteiger partial charge in [0.1, 0.15) is 11.7 Å². The summed E-state index contributed by atoms with van der Waals surface area (Å²) >= 11 is 0. The lowest BCUT2D eigenvalue weighted by atomic mass is 10.1. The zero-order valence-corrected chi connectivity index (χ0v) is 19.3. The van der Waals surface area contributed by atoms with E-state index in [9.17, 15) is 8.60 Å². The van der Waals surface area contributed by atoms with Gasteiger partial charge in [-0.25, -0.2) is 9.38 Å². The summed E-state index contributed by atoms with van der Waals surface area (Å²) in [6.07, 6.45) is 2.31. The number of ether oxygens (including phenoxy) is 1. The molecule has 30 heavy (non-hydrogen) atoms. The molecule has 0 amide bonds. The molecule has 8 heteroatoms. The van der Waals surface area contributed by atoms with Gasteiger partial charge in [-0.1, -0.05) is 13.8 Å². The normalized spacial score (nSPS) is 20.7. The number of benzene rings is 1. The van der Waals surface area contributed by atoms with Gasteiger partial charge in [-0.3, -0.25) is 14.1 Å². The van der Waals surface area contributed by atoms with Crippen molar-refractivity contribution < 1.29 is 13.3 Å². The summed E-state index contributed by atoms with van der Waals surface area (Å²) in [6, 6.07) is 4.76. The van der Waals surface area contributed by atoms with E-state index in [1.807, 2.05) is 0 Å². The molecule has 2 aliphatic rings. The average molecular weight is 437 g/mol. The van der Waals surface area contributed by atoms with Gasteiger partial charge >= 0.3 is 0 Å². The van der Waals surface area contributed by atoms with Crippen LogP contribution >= 0.6 is 0 Å². The number of nitrogens with zero attached hydrogens (tertiary/aromatic N) is 4. The minimum atomic E-state index is -2.43. The summed E-state index contributed by atoms with van der Waals surface area (Å²) in [7, 11) is -2.43. The molecular formula is C22H33FN4O2S. The fourth-order valence-corrected chi connectivity index (χ4v) is 4.36. The maximum Gasteiger partial charge on any atom is 0.166 e. The molecule has 0 saturated carbocycles. The Morgan fingerprint density at radius 1 is 1.23 bits per heavy atom. The first-order valence-electron chi connectivity index (χ1n) is 10.5. The van der Waals surface area contributed by atoms with Crippen LogP contribution in [-0.2, 0) is 9.52 Å². The fraction of sp³-hybridized carbons (Fsp3) is 0.591. The van der Waals surface area contributed by atoms with Gasteiger partial charge in [-0.15, -0.1) is 0 Å². The van der Waals surface area contributed by atoms with E-state index in [1.54, 1.807) is 6.07 Å². The van der Waals surface area contributed by atoms with E-state index in [2.05, 4.69) is 41.4 Å². The third kappa shape index (κ3) is 5.60. The summed E-state index contributed by atoms with van der Waals surface area (Å²) in [6.45, 7) is 11.4. The van der Waals surface area contributed by atoms with Crippen molar-refractivity contribution in [3.8, 4) is 5.75 Å². The summed E-state index contributed by atoms with van der Waals surface area (Å²) in [5.41, 5.74) is 0. The van der Waals surface area contributed by atoms with E-state index < -0.39 is 15.3 Å². The van der Waals surface area contributed by atoms with Crippen LogP contribution in [0.25, 0.3) is 0 Å². The monoisotopic (exact) mass is 436 g/mol.